The summed E-state index contributed by atoms with van der Waals surface area (Å²) in [7, 11) is 0. The van der Waals surface area contributed by atoms with Crippen molar-refractivity contribution in [2.24, 2.45) is 0 Å². The van der Waals surface area contributed by atoms with Crippen molar-refractivity contribution in [1.82, 2.24) is 4.98 Å². The van der Waals surface area contributed by atoms with Crippen molar-refractivity contribution in [2.75, 3.05) is 0 Å². The van der Waals surface area contributed by atoms with Crippen LogP contribution in [-0.2, 0) is 0 Å². The van der Waals surface area contributed by atoms with E-state index in [1.54, 1.807) is 0 Å². The highest BCUT2D eigenvalue weighted by atomic mass is 16.3. The van der Waals surface area contributed by atoms with Gasteiger partial charge in [-0.3, -0.25) is 0 Å². The highest BCUT2D eigenvalue weighted by Crippen LogP contribution is 2.12. The molecule has 0 radical (unpaired) electrons. The van der Waals surface area contributed by atoms with Crippen LogP contribution in [0.4, 0.5) is 0 Å². The molecule has 0 bridgehead atoms. The third kappa shape index (κ3) is 4.43. The minimum atomic E-state index is 0.852. The highest BCUT2D eigenvalue weighted by molar-refractivity contribution is 5.72. The lowest BCUT2D eigenvalue weighted by Crippen LogP contribution is -1.70. The molecule has 0 unspecified atom stereocenters. The predicted molar refractivity (Wildman–Crippen MR) is 101 cm³/mol. The van der Waals surface area contributed by atoms with Gasteiger partial charge in [-0.1, -0.05) is 78.9 Å². The second-order valence-electron chi connectivity index (χ2n) is 5.48. The Morgan fingerprint density at radius 2 is 1.33 bits per heavy atom. The molecule has 0 saturated heterocycles. The molecule has 2 nitrogen and oxygen atoms in total. The highest BCUT2D eigenvalue weighted by Gasteiger charge is 1.95. The van der Waals surface area contributed by atoms with E-state index in [1.807, 2.05) is 61.5 Å². The fourth-order valence-electron chi connectivity index (χ4n) is 2.29. The first kappa shape index (κ1) is 15.8. The van der Waals surface area contributed by atoms with Crippen LogP contribution in [0.3, 0.4) is 0 Å². The largest absolute Gasteiger partial charge is 0.443 e. The van der Waals surface area contributed by atoms with Crippen molar-refractivity contribution >= 4 is 23.3 Å². The van der Waals surface area contributed by atoms with Crippen LogP contribution in [0.15, 0.2) is 89.7 Å². The van der Waals surface area contributed by atoms with E-state index < -0.39 is 0 Å². The molecule has 4 aromatic rings. The number of rotatable bonds is 2. The van der Waals surface area contributed by atoms with Crippen LogP contribution in [0, 0.1) is 6.92 Å². The summed E-state index contributed by atoms with van der Waals surface area (Å²) in [5.41, 5.74) is 5.46. The normalized spacial score (nSPS) is 10.5. The Balaban J connectivity index is 0.000000149. The van der Waals surface area contributed by atoms with E-state index in [0.29, 0.717) is 0 Å². The fraction of sp³-hybridized carbons (Fsp3) is 0.0455. The number of benzene rings is 3. The first-order valence-corrected chi connectivity index (χ1v) is 7.89. The van der Waals surface area contributed by atoms with Gasteiger partial charge in [0, 0.05) is 0 Å². The minimum Gasteiger partial charge on any atom is -0.443 e. The molecule has 0 N–H and O–H groups in total. The summed E-state index contributed by atoms with van der Waals surface area (Å²) in [6.07, 6.45) is 5.70. The molecular formula is C22H19NO. The van der Waals surface area contributed by atoms with Gasteiger partial charge in [-0.25, -0.2) is 4.98 Å². The van der Waals surface area contributed by atoms with Crippen LogP contribution in [0.1, 0.15) is 16.7 Å². The Morgan fingerprint density at radius 3 is 1.92 bits per heavy atom. The minimum absolute atomic E-state index is 0.852. The van der Waals surface area contributed by atoms with Gasteiger partial charge < -0.3 is 4.42 Å². The van der Waals surface area contributed by atoms with Crippen LogP contribution in [0.25, 0.3) is 23.3 Å². The lowest BCUT2D eigenvalue weighted by molar-refractivity contribution is 0.602. The van der Waals surface area contributed by atoms with Gasteiger partial charge in [0.1, 0.15) is 5.52 Å². The Labute approximate surface area is 142 Å². The van der Waals surface area contributed by atoms with Crippen molar-refractivity contribution < 1.29 is 4.42 Å². The topological polar surface area (TPSA) is 26.0 Å². The van der Waals surface area contributed by atoms with Gasteiger partial charge in [-0.2, -0.15) is 0 Å². The molecule has 3 aromatic carbocycles. The summed E-state index contributed by atoms with van der Waals surface area (Å²) in [5.74, 6) is 0. The zero-order valence-electron chi connectivity index (χ0n) is 13.6. The summed E-state index contributed by atoms with van der Waals surface area (Å²) < 4.78 is 5.06. The maximum Gasteiger partial charge on any atom is 0.181 e. The van der Waals surface area contributed by atoms with E-state index in [2.05, 4.69) is 41.4 Å². The smallest absolute Gasteiger partial charge is 0.181 e. The predicted octanol–water partition coefficient (Wildman–Crippen LogP) is 5.99. The molecule has 0 atom stereocenters. The van der Waals surface area contributed by atoms with Crippen molar-refractivity contribution in [3.63, 3.8) is 0 Å². The van der Waals surface area contributed by atoms with Gasteiger partial charge in [-0.15, -0.1) is 0 Å². The van der Waals surface area contributed by atoms with Crippen LogP contribution in [-0.4, -0.2) is 4.98 Å². The van der Waals surface area contributed by atoms with Gasteiger partial charge >= 0.3 is 0 Å². The number of hydrogen-bond donors (Lipinski definition) is 0. The second-order valence-corrected chi connectivity index (χ2v) is 5.48. The maximum absolute atomic E-state index is 5.06. The summed E-state index contributed by atoms with van der Waals surface area (Å²) in [5, 5.41) is 0. The number of fused-ring (bicyclic) bond motifs is 1. The first-order chi connectivity index (χ1) is 11.8. The summed E-state index contributed by atoms with van der Waals surface area (Å²) >= 11 is 0. The molecule has 0 aliphatic heterocycles. The van der Waals surface area contributed by atoms with Crippen LogP contribution >= 0.6 is 0 Å². The van der Waals surface area contributed by atoms with Crippen LogP contribution in [0.5, 0.6) is 0 Å². The number of aromatic nitrogens is 1. The molecule has 0 fully saturated rings. The average molecular weight is 313 g/mol. The molecule has 0 spiro atoms. The van der Waals surface area contributed by atoms with Crippen LogP contribution in [0.2, 0.25) is 0 Å². The fourth-order valence-corrected chi connectivity index (χ4v) is 2.29. The Morgan fingerprint density at radius 1 is 0.750 bits per heavy atom. The number of aryl methyl sites for hydroxylation is 1. The zero-order chi connectivity index (χ0) is 16.6. The summed E-state index contributed by atoms with van der Waals surface area (Å²) in [6, 6.07) is 26.6. The van der Waals surface area contributed by atoms with Gasteiger partial charge in [0.25, 0.3) is 0 Å². The molecule has 24 heavy (non-hydrogen) atoms. The van der Waals surface area contributed by atoms with Crippen molar-refractivity contribution in [3.05, 3.63) is 102 Å². The molecule has 1 aromatic heterocycles. The van der Waals surface area contributed by atoms with Gasteiger partial charge in [0.05, 0.1) is 0 Å². The standard InChI is InChI=1S/C14H12.C8H7NO/c1-3-7-13(8-4-1)11-12-14-9-5-2-6-10-14;1-6-2-3-8-7(4-6)9-5-10-8/h1-12H;2-5H,1H3. The Bertz CT molecular complexity index is 867. The average Bonchev–Trinajstić information content (AvgIpc) is 3.10. The number of oxazole rings is 1. The lowest BCUT2D eigenvalue weighted by atomic mass is 10.1. The third-order valence-corrected chi connectivity index (χ3v) is 3.55. The molecule has 0 aliphatic carbocycles. The van der Waals surface area contributed by atoms with E-state index in [9.17, 15) is 0 Å². The quantitative estimate of drug-likeness (QED) is 0.425. The van der Waals surface area contributed by atoms with Gasteiger partial charge in [0.15, 0.2) is 12.0 Å². The van der Waals surface area contributed by atoms with Gasteiger partial charge in [-0.05, 0) is 35.7 Å². The van der Waals surface area contributed by atoms with Crippen molar-refractivity contribution in [1.29, 1.82) is 0 Å². The summed E-state index contributed by atoms with van der Waals surface area (Å²) in [4.78, 5) is 4.01. The van der Waals surface area contributed by atoms with E-state index in [1.165, 1.54) is 23.1 Å². The molecular weight excluding hydrogens is 294 g/mol. The monoisotopic (exact) mass is 313 g/mol. The summed E-state index contributed by atoms with van der Waals surface area (Å²) in [6.45, 7) is 2.04. The second kappa shape index (κ2) is 7.93. The lowest BCUT2D eigenvalue weighted by Gasteiger charge is -1.92. The Kier molecular flexibility index (Phi) is 5.21. The molecule has 4 rings (SSSR count). The third-order valence-electron chi connectivity index (χ3n) is 3.55. The molecule has 0 aliphatic rings. The maximum atomic E-state index is 5.06. The Hall–Kier alpha value is -3.13. The number of hydrogen-bond acceptors (Lipinski definition) is 2. The van der Waals surface area contributed by atoms with E-state index >= 15 is 0 Å². The molecule has 0 amide bonds. The van der Waals surface area contributed by atoms with E-state index in [4.69, 9.17) is 4.42 Å². The first-order valence-electron chi connectivity index (χ1n) is 7.89. The van der Waals surface area contributed by atoms with E-state index in [0.717, 1.165) is 11.1 Å². The zero-order valence-corrected chi connectivity index (χ0v) is 13.6. The molecule has 0 saturated carbocycles. The molecule has 118 valence electrons. The SMILES string of the molecule is C(=Cc1ccccc1)c1ccccc1.Cc1ccc2ocnc2c1. The molecule has 2 heteroatoms. The van der Waals surface area contributed by atoms with Crippen molar-refractivity contribution in [3.8, 4) is 0 Å². The molecule has 1 heterocycles. The number of nitrogens with zero attached hydrogens (tertiary/aromatic N) is 1. The van der Waals surface area contributed by atoms with E-state index in [-0.39, 0.29) is 0 Å². The van der Waals surface area contributed by atoms with Crippen LogP contribution < -0.4 is 0 Å². The van der Waals surface area contributed by atoms with Crippen molar-refractivity contribution in [2.45, 2.75) is 6.92 Å². The van der Waals surface area contributed by atoms with Gasteiger partial charge in [0.2, 0.25) is 0 Å².